The summed E-state index contributed by atoms with van der Waals surface area (Å²) < 4.78 is 21.7. The molecule has 4 aromatic heterocycles. The summed E-state index contributed by atoms with van der Waals surface area (Å²) in [6.07, 6.45) is 3.55. The van der Waals surface area contributed by atoms with Crippen LogP contribution in [0.3, 0.4) is 0 Å². The lowest BCUT2D eigenvalue weighted by Crippen LogP contribution is -2.22. The second-order valence-corrected chi connectivity index (χ2v) is 14.7. The van der Waals surface area contributed by atoms with Crippen molar-refractivity contribution in [2.75, 3.05) is 17.7 Å². The maximum Gasteiger partial charge on any atom is 0.182 e. The van der Waals surface area contributed by atoms with Gasteiger partial charge in [0.15, 0.2) is 5.82 Å². The van der Waals surface area contributed by atoms with Crippen LogP contribution < -0.4 is 11.1 Å². The molecule has 8 nitrogen and oxygen atoms in total. The number of pyridine rings is 2. The Morgan fingerprint density at radius 3 is 2.67 bits per heavy atom. The topological polar surface area (TPSA) is 104 Å². The van der Waals surface area contributed by atoms with E-state index >= 15 is 0 Å². The van der Waals surface area contributed by atoms with Crippen LogP contribution in [0.1, 0.15) is 5.69 Å². The second kappa shape index (κ2) is 9.24. The van der Waals surface area contributed by atoms with Crippen LogP contribution in [0.2, 0.25) is 25.7 Å². The monoisotopic (exact) mass is 465 g/mol. The van der Waals surface area contributed by atoms with E-state index in [9.17, 15) is 4.39 Å². The Labute approximate surface area is 193 Å². The minimum Gasteiger partial charge on any atom is -0.384 e. The van der Waals surface area contributed by atoms with Gasteiger partial charge in [-0.2, -0.15) is 0 Å². The van der Waals surface area contributed by atoms with Gasteiger partial charge < -0.3 is 20.4 Å². The summed E-state index contributed by atoms with van der Waals surface area (Å²) in [5.74, 6) is 1.00. The molecule has 33 heavy (non-hydrogen) atoms. The number of anilines is 3. The number of fused-ring (bicyclic) bond motifs is 1. The van der Waals surface area contributed by atoms with Gasteiger partial charge in [0.05, 0.1) is 11.1 Å². The van der Waals surface area contributed by atoms with E-state index in [4.69, 9.17) is 20.4 Å². The van der Waals surface area contributed by atoms with Crippen LogP contribution in [-0.4, -0.2) is 39.2 Å². The molecule has 0 aliphatic rings. The van der Waals surface area contributed by atoms with Crippen molar-refractivity contribution in [2.24, 2.45) is 0 Å². The van der Waals surface area contributed by atoms with Gasteiger partial charge in [0.25, 0.3) is 0 Å². The average molecular weight is 466 g/mol. The number of nitrogens with one attached hydrogen (secondary N) is 1. The van der Waals surface area contributed by atoms with Crippen molar-refractivity contribution in [3.8, 4) is 11.5 Å². The smallest absolute Gasteiger partial charge is 0.182 e. The molecule has 0 fully saturated rings. The van der Waals surface area contributed by atoms with Crippen LogP contribution in [0.25, 0.3) is 22.6 Å². The normalized spacial score (nSPS) is 11.8. The van der Waals surface area contributed by atoms with Crippen LogP contribution in [0.15, 0.2) is 42.7 Å². The van der Waals surface area contributed by atoms with Crippen molar-refractivity contribution in [1.82, 2.24) is 24.5 Å². The highest BCUT2D eigenvalue weighted by atomic mass is 28.3. The first-order chi connectivity index (χ1) is 15.7. The Bertz CT molecular complexity index is 1290. The molecule has 0 aliphatic heterocycles. The van der Waals surface area contributed by atoms with Gasteiger partial charge in [0.1, 0.15) is 35.5 Å². The Morgan fingerprint density at radius 1 is 1.12 bits per heavy atom. The fourth-order valence-electron chi connectivity index (χ4n) is 3.25. The number of aryl methyl sites for hydroxylation is 1. The molecule has 4 rings (SSSR count). The van der Waals surface area contributed by atoms with Gasteiger partial charge in [-0.05, 0) is 37.2 Å². The molecule has 0 aromatic carbocycles. The van der Waals surface area contributed by atoms with E-state index in [-0.39, 0.29) is 11.5 Å². The van der Waals surface area contributed by atoms with Crippen LogP contribution in [-0.2, 0) is 11.5 Å². The summed E-state index contributed by atoms with van der Waals surface area (Å²) >= 11 is 0. The fourth-order valence-corrected chi connectivity index (χ4v) is 4.01. The summed E-state index contributed by atoms with van der Waals surface area (Å²) in [6, 6.07) is 9.51. The van der Waals surface area contributed by atoms with Crippen LogP contribution in [0.5, 0.6) is 0 Å². The SMILES string of the molecule is Cc1nc(-c2nc(Nc3ccnc(N)c3)c3ccn(COCC[Si](C)(C)C)c3n2)ccc1F. The Kier molecular flexibility index (Phi) is 6.39. The number of rotatable bonds is 8. The van der Waals surface area contributed by atoms with Gasteiger partial charge >= 0.3 is 0 Å². The van der Waals surface area contributed by atoms with Gasteiger partial charge in [-0.3, -0.25) is 0 Å². The lowest BCUT2D eigenvalue weighted by molar-refractivity contribution is 0.0899. The second-order valence-electron chi connectivity index (χ2n) is 9.12. The number of nitrogens with zero attached hydrogens (tertiary/aromatic N) is 5. The minimum absolute atomic E-state index is 0.290. The molecule has 0 bridgehead atoms. The first-order valence-electron chi connectivity index (χ1n) is 10.8. The standard InChI is InChI=1S/C23H28FN7OSi/c1-15-18(24)5-6-19(27-15)22-29-21(28-16-7-9-26-20(25)13-16)17-8-10-31(23(17)30-22)14-32-11-12-33(2,3)4/h5-10,13H,11-12,14H2,1-4H3,(H3,25,26,28,29,30). The van der Waals surface area contributed by atoms with E-state index in [1.165, 1.54) is 6.07 Å². The van der Waals surface area contributed by atoms with E-state index in [0.717, 1.165) is 17.1 Å². The molecule has 172 valence electrons. The number of nitrogen functional groups attached to an aromatic ring is 1. The van der Waals surface area contributed by atoms with Gasteiger partial charge in [0.2, 0.25) is 0 Å². The van der Waals surface area contributed by atoms with Crippen LogP contribution >= 0.6 is 0 Å². The maximum atomic E-state index is 13.8. The molecule has 0 amide bonds. The van der Waals surface area contributed by atoms with Crippen molar-refractivity contribution in [3.05, 3.63) is 54.2 Å². The van der Waals surface area contributed by atoms with Crippen LogP contribution in [0, 0.1) is 12.7 Å². The number of hydrogen-bond acceptors (Lipinski definition) is 7. The van der Waals surface area contributed by atoms with Gasteiger partial charge in [0, 0.05) is 38.8 Å². The van der Waals surface area contributed by atoms with Gasteiger partial charge in [-0.15, -0.1) is 0 Å². The number of hydrogen-bond donors (Lipinski definition) is 2. The largest absolute Gasteiger partial charge is 0.384 e. The van der Waals surface area contributed by atoms with E-state index in [1.807, 2.05) is 16.8 Å². The summed E-state index contributed by atoms with van der Waals surface area (Å²) in [5.41, 5.74) is 8.05. The van der Waals surface area contributed by atoms with Crippen molar-refractivity contribution >= 4 is 36.4 Å². The zero-order valence-electron chi connectivity index (χ0n) is 19.3. The highest BCUT2D eigenvalue weighted by Gasteiger charge is 2.16. The predicted molar refractivity (Wildman–Crippen MR) is 131 cm³/mol. The first kappa shape index (κ1) is 22.8. The quantitative estimate of drug-likeness (QED) is 0.279. The molecule has 0 saturated carbocycles. The summed E-state index contributed by atoms with van der Waals surface area (Å²) in [4.78, 5) is 17.8. The highest BCUT2D eigenvalue weighted by molar-refractivity contribution is 6.76. The molecule has 4 heterocycles. The molecule has 4 aromatic rings. The van der Waals surface area contributed by atoms with Crippen molar-refractivity contribution in [2.45, 2.75) is 39.3 Å². The Hall–Kier alpha value is -3.37. The van der Waals surface area contributed by atoms with Crippen LogP contribution in [0.4, 0.5) is 21.7 Å². The third kappa shape index (κ3) is 5.52. The summed E-state index contributed by atoms with van der Waals surface area (Å²) in [7, 11) is -1.18. The third-order valence-electron chi connectivity index (χ3n) is 5.14. The molecular weight excluding hydrogens is 437 g/mol. The minimum atomic E-state index is -1.18. The lowest BCUT2D eigenvalue weighted by Gasteiger charge is -2.16. The van der Waals surface area contributed by atoms with Crippen molar-refractivity contribution in [1.29, 1.82) is 0 Å². The van der Waals surface area contributed by atoms with E-state index in [2.05, 4.69) is 34.9 Å². The molecule has 0 saturated heterocycles. The highest BCUT2D eigenvalue weighted by Crippen LogP contribution is 2.28. The molecule has 0 atom stereocenters. The lowest BCUT2D eigenvalue weighted by atomic mass is 10.2. The van der Waals surface area contributed by atoms with Gasteiger partial charge in [-0.1, -0.05) is 19.6 Å². The summed E-state index contributed by atoms with van der Waals surface area (Å²) in [6.45, 7) is 9.66. The fraction of sp³-hybridized carbons (Fsp3) is 0.304. The molecule has 3 N–H and O–H groups in total. The van der Waals surface area contributed by atoms with Crippen molar-refractivity contribution in [3.63, 3.8) is 0 Å². The zero-order valence-corrected chi connectivity index (χ0v) is 20.3. The molecule has 10 heteroatoms. The number of nitrogens with two attached hydrogens (primary N) is 1. The predicted octanol–water partition coefficient (Wildman–Crippen LogP) is 4.97. The average Bonchev–Trinajstić information content (AvgIpc) is 3.16. The van der Waals surface area contributed by atoms with E-state index in [1.54, 1.807) is 31.3 Å². The molecule has 0 radical (unpaired) electrons. The molecule has 0 aliphatic carbocycles. The molecule has 0 spiro atoms. The zero-order chi connectivity index (χ0) is 23.6. The van der Waals surface area contributed by atoms with Crippen molar-refractivity contribution < 1.29 is 9.13 Å². The number of halogens is 1. The Morgan fingerprint density at radius 2 is 1.94 bits per heavy atom. The Balaban J connectivity index is 1.73. The van der Waals surface area contributed by atoms with E-state index in [0.29, 0.717) is 42.1 Å². The maximum absolute atomic E-state index is 13.8. The van der Waals surface area contributed by atoms with E-state index < -0.39 is 8.07 Å². The molecule has 0 unspecified atom stereocenters. The van der Waals surface area contributed by atoms with Gasteiger partial charge in [-0.25, -0.2) is 24.3 Å². The first-order valence-corrected chi connectivity index (χ1v) is 14.5. The molecular formula is C23H28FN7OSi. The summed E-state index contributed by atoms with van der Waals surface area (Å²) in [5, 5.41) is 4.12. The number of ether oxygens (including phenoxy) is 1. The number of aromatic nitrogens is 5. The third-order valence-corrected chi connectivity index (χ3v) is 6.84.